The second-order valence-electron chi connectivity index (χ2n) is 5.80. The van der Waals surface area contributed by atoms with Crippen molar-refractivity contribution in [3.63, 3.8) is 0 Å². The molecular formula is C17H18F2N4O3S. The van der Waals surface area contributed by atoms with E-state index in [1.54, 1.807) is 32.4 Å². The van der Waals surface area contributed by atoms with E-state index < -0.39 is 24.2 Å². The Morgan fingerprint density at radius 3 is 2.78 bits per heavy atom. The highest BCUT2D eigenvalue weighted by molar-refractivity contribution is 7.90. The summed E-state index contributed by atoms with van der Waals surface area (Å²) in [4.78, 5) is 15.6. The van der Waals surface area contributed by atoms with E-state index in [1.807, 2.05) is 6.92 Å². The monoisotopic (exact) mass is 396 g/mol. The van der Waals surface area contributed by atoms with Gasteiger partial charge in [-0.15, -0.1) is 0 Å². The largest absolute Gasteiger partial charge is 0.609 e. The summed E-state index contributed by atoms with van der Waals surface area (Å²) < 4.78 is 47.6. The van der Waals surface area contributed by atoms with Gasteiger partial charge in [-0.2, -0.15) is 9.97 Å². The molecule has 0 bridgehead atoms. The van der Waals surface area contributed by atoms with E-state index in [4.69, 9.17) is 9.47 Å². The van der Waals surface area contributed by atoms with Crippen LogP contribution in [-0.2, 0) is 16.9 Å². The number of imidazole rings is 1. The van der Waals surface area contributed by atoms with E-state index in [0.29, 0.717) is 28.2 Å². The molecule has 0 aliphatic rings. The molecule has 3 aromatic rings. The lowest BCUT2D eigenvalue weighted by molar-refractivity contribution is 0.0794. The standard InChI is InChI=1S/C17H18F2N4O3S/c1-9-6-11-15(22-16(9)26-7-14(18)19)23-17(21-11)27(24)8-12-10(2)13(25-3)4-5-20-12/h4-6,14H,7-8H2,1-3H3,(H,21,22,23). The number of rotatable bonds is 7. The van der Waals surface area contributed by atoms with Gasteiger partial charge in [0, 0.05) is 28.5 Å². The molecule has 3 rings (SSSR count). The van der Waals surface area contributed by atoms with Crippen LogP contribution in [-0.4, -0.2) is 44.6 Å². The number of nitrogens with zero attached hydrogens (tertiary/aromatic N) is 3. The number of hydrogen-bond acceptors (Lipinski definition) is 6. The molecule has 0 aliphatic carbocycles. The maximum Gasteiger partial charge on any atom is 0.323 e. The number of pyridine rings is 2. The van der Waals surface area contributed by atoms with Crippen LogP contribution in [0, 0.1) is 13.8 Å². The number of hydrogen-bond donors (Lipinski definition) is 1. The molecule has 0 aliphatic heterocycles. The summed E-state index contributed by atoms with van der Waals surface area (Å²) in [5.41, 5.74) is 2.82. The van der Waals surface area contributed by atoms with Gasteiger partial charge < -0.3 is 14.0 Å². The van der Waals surface area contributed by atoms with E-state index in [9.17, 15) is 13.3 Å². The molecule has 0 amide bonds. The van der Waals surface area contributed by atoms with Gasteiger partial charge >= 0.3 is 5.16 Å². The molecule has 0 spiro atoms. The molecule has 3 aromatic heterocycles. The molecule has 0 aromatic carbocycles. The number of methoxy groups -OCH3 is 1. The van der Waals surface area contributed by atoms with Crippen molar-refractivity contribution in [3.05, 3.63) is 35.2 Å². The van der Waals surface area contributed by atoms with Crippen LogP contribution in [0.1, 0.15) is 16.8 Å². The molecule has 10 heteroatoms. The van der Waals surface area contributed by atoms with Crippen LogP contribution >= 0.6 is 0 Å². The minimum Gasteiger partial charge on any atom is -0.609 e. The zero-order valence-electron chi connectivity index (χ0n) is 15.0. The van der Waals surface area contributed by atoms with Crippen LogP contribution in [0.2, 0.25) is 0 Å². The number of fused-ring (bicyclic) bond motifs is 1. The highest BCUT2D eigenvalue weighted by Gasteiger charge is 2.21. The van der Waals surface area contributed by atoms with Crippen molar-refractivity contribution in [2.75, 3.05) is 13.7 Å². The predicted octanol–water partition coefficient (Wildman–Crippen LogP) is 2.93. The number of aromatic nitrogens is 4. The molecule has 1 unspecified atom stereocenters. The SMILES string of the molecule is COc1ccnc(C[S+]([O-])c2nc3cc(C)c(OCC(F)F)nc3[nH]2)c1C. The average molecular weight is 396 g/mol. The predicted molar refractivity (Wildman–Crippen MR) is 95.8 cm³/mol. The Balaban J connectivity index is 1.84. The summed E-state index contributed by atoms with van der Waals surface area (Å²) in [7, 11) is 1.56. The van der Waals surface area contributed by atoms with Crippen LogP contribution in [0.5, 0.6) is 11.6 Å². The third kappa shape index (κ3) is 4.28. The molecule has 27 heavy (non-hydrogen) atoms. The molecule has 0 saturated carbocycles. The Bertz CT molecular complexity index is 951. The van der Waals surface area contributed by atoms with Gasteiger partial charge in [0.05, 0.1) is 12.8 Å². The van der Waals surface area contributed by atoms with Crippen LogP contribution in [0.4, 0.5) is 8.78 Å². The van der Waals surface area contributed by atoms with Crippen LogP contribution in [0.3, 0.4) is 0 Å². The summed E-state index contributed by atoms with van der Waals surface area (Å²) in [6.45, 7) is 2.78. The smallest absolute Gasteiger partial charge is 0.323 e. The zero-order valence-corrected chi connectivity index (χ0v) is 15.8. The Kier molecular flexibility index (Phi) is 5.76. The van der Waals surface area contributed by atoms with E-state index in [2.05, 4.69) is 19.9 Å². The maximum atomic E-state index is 12.7. The number of H-pyrrole nitrogens is 1. The van der Waals surface area contributed by atoms with Crippen molar-refractivity contribution >= 4 is 22.3 Å². The van der Waals surface area contributed by atoms with Crippen molar-refractivity contribution in [1.82, 2.24) is 19.9 Å². The number of ether oxygens (including phenoxy) is 2. The van der Waals surface area contributed by atoms with E-state index in [-0.39, 0.29) is 16.8 Å². The molecule has 1 N–H and O–H groups in total. The minimum atomic E-state index is -2.59. The number of aryl methyl sites for hydroxylation is 1. The summed E-state index contributed by atoms with van der Waals surface area (Å²) in [6.07, 6.45) is -1.00. The number of alkyl halides is 2. The first-order valence-electron chi connectivity index (χ1n) is 8.04. The van der Waals surface area contributed by atoms with Crippen molar-refractivity contribution in [2.24, 2.45) is 0 Å². The lowest BCUT2D eigenvalue weighted by Crippen LogP contribution is -2.10. The normalized spacial score (nSPS) is 12.6. The molecule has 0 fully saturated rings. The van der Waals surface area contributed by atoms with Gasteiger partial charge in [0.1, 0.15) is 11.3 Å². The van der Waals surface area contributed by atoms with E-state index in [1.165, 1.54) is 0 Å². The fraction of sp³-hybridized carbons (Fsp3) is 0.353. The first-order valence-corrected chi connectivity index (χ1v) is 9.36. The highest BCUT2D eigenvalue weighted by Crippen LogP contribution is 2.25. The molecule has 0 saturated heterocycles. The third-order valence-electron chi connectivity index (χ3n) is 3.90. The van der Waals surface area contributed by atoms with E-state index >= 15 is 0 Å². The summed E-state index contributed by atoms with van der Waals surface area (Å²) in [5.74, 6) is 0.908. The van der Waals surface area contributed by atoms with Crippen molar-refractivity contribution in [2.45, 2.75) is 31.2 Å². The highest BCUT2D eigenvalue weighted by atomic mass is 32.2. The third-order valence-corrected chi connectivity index (χ3v) is 5.06. The summed E-state index contributed by atoms with van der Waals surface area (Å²) in [5, 5.41) is 0.229. The summed E-state index contributed by atoms with van der Waals surface area (Å²) >= 11 is -1.50. The van der Waals surface area contributed by atoms with Crippen molar-refractivity contribution in [3.8, 4) is 11.6 Å². The second kappa shape index (κ2) is 8.05. The fourth-order valence-corrected chi connectivity index (χ4v) is 3.60. The van der Waals surface area contributed by atoms with Gasteiger partial charge in [-0.3, -0.25) is 9.97 Å². The number of aromatic amines is 1. The van der Waals surface area contributed by atoms with Gasteiger partial charge in [-0.05, 0) is 26.0 Å². The van der Waals surface area contributed by atoms with Gasteiger partial charge in [0.25, 0.3) is 6.43 Å². The molecule has 0 radical (unpaired) electrons. The first-order chi connectivity index (χ1) is 12.9. The Morgan fingerprint density at radius 2 is 2.07 bits per heavy atom. The lowest BCUT2D eigenvalue weighted by Gasteiger charge is -2.10. The first kappa shape index (κ1) is 19.3. The van der Waals surface area contributed by atoms with Gasteiger partial charge in [-0.25, -0.2) is 8.78 Å². The number of halogens is 2. The molecule has 1 atom stereocenters. The lowest BCUT2D eigenvalue weighted by atomic mass is 10.2. The Labute approximate surface area is 157 Å². The van der Waals surface area contributed by atoms with Crippen molar-refractivity contribution < 1.29 is 22.8 Å². The second-order valence-corrected chi connectivity index (χ2v) is 7.16. The average Bonchev–Trinajstić information content (AvgIpc) is 3.04. The van der Waals surface area contributed by atoms with Crippen molar-refractivity contribution in [1.29, 1.82) is 0 Å². The minimum absolute atomic E-state index is 0.0917. The van der Waals surface area contributed by atoms with Crippen LogP contribution in [0.25, 0.3) is 11.2 Å². The van der Waals surface area contributed by atoms with Crippen LogP contribution in [0.15, 0.2) is 23.5 Å². The number of nitrogens with one attached hydrogen (secondary N) is 1. The van der Waals surface area contributed by atoms with Crippen LogP contribution < -0.4 is 9.47 Å². The van der Waals surface area contributed by atoms with Gasteiger partial charge in [0.15, 0.2) is 18.0 Å². The quantitative estimate of drug-likeness (QED) is 0.617. The topological polar surface area (TPSA) is 96.0 Å². The van der Waals surface area contributed by atoms with Gasteiger partial charge in [-0.1, -0.05) is 0 Å². The zero-order chi connectivity index (χ0) is 19.6. The van der Waals surface area contributed by atoms with Gasteiger partial charge in [0.2, 0.25) is 5.88 Å². The molecule has 7 nitrogen and oxygen atoms in total. The fourth-order valence-electron chi connectivity index (χ4n) is 2.51. The Morgan fingerprint density at radius 1 is 1.30 bits per heavy atom. The van der Waals surface area contributed by atoms with E-state index in [0.717, 1.165) is 5.56 Å². The maximum absolute atomic E-state index is 12.7. The molecule has 3 heterocycles. The summed E-state index contributed by atoms with van der Waals surface area (Å²) in [6, 6.07) is 3.38. The molecular weight excluding hydrogens is 378 g/mol. The Hall–Kier alpha value is -2.46. The molecule has 144 valence electrons.